The van der Waals surface area contributed by atoms with E-state index in [-0.39, 0.29) is 22.8 Å². The fourth-order valence-corrected chi connectivity index (χ4v) is 5.69. The van der Waals surface area contributed by atoms with E-state index in [9.17, 15) is 20.1 Å². The van der Waals surface area contributed by atoms with Crippen molar-refractivity contribution in [3.05, 3.63) is 83.4 Å². The molecule has 34 heavy (non-hydrogen) atoms. The Morgan fingerprint density at radius 2 is 1.71 bits per heavy atom. The first-order valence-electron chi connectivity index (χ1n) is 10.8. The van der Waals surface area contributed by atoms with E-state index in [1.54, 1.807) is 48.5 Å². The number of hydrogen-bond donors (Lipinski definition) is 4. The van der Waals surface area contributed by atoms with Crippen LogP contribution in [0.4, 0.5) is 0 Å². The summed E-state index contributed by atoms with van der Waals surface area (Å²) in [5.74, 6) is -1.93. The Hall–Kier alpha value is -3.75. The molecule has 1 aliphatic carbocycles. The number of benzene rings is 3. The summed E-state index contributed by atoms with van der Waals surface area (Å²) in [5, 5.41) is 34.1. The molecule has 8 nitrogen and oxygen atoms in total. The fourth-order valence-electron chi connectivity index (χ4n) is 5.69. The Labute approximate surface area is 196 Å². The number of hydrogen-bond acceptors (Lipinski definition) is 7. The zero-order chi connectivity index (χ0) is 24.3. The van der Waals surface area contributed by atoms with Crippen LogP contribution >= 0.6 is 0 Å². The number of carbonyl (C=O) groups is 1. The molecule has 1 heterocycles. The Bertz CT molecular complexity index is 1250. The molecule has 0 spiro atoms. The summed E-state index contributed by atoms with van der Waals surface area (Å²) >= 11 is 0. The number of phenols is 1. The molecule has 1 amide bonds. The van der Waals surface area contributed by atoms with E-state index in [0.29, 0.717) is 16.9 Å². The highest BCUT2D eigenvalue weighted by atomic mass is 16.5. The van der Waals surface area contributed by atoms with Gasteiger partial charge in [0.1, 0.15) is 29.1 Å². The van der Waals surface area contributed by atoms with E-state index in [1.165, 1.54) is 26.4 Å². The molecular formula is C26H25NO7. The number of aliphatic hydroxyl groups is 2. The molecule has 0 bridgehead atoms. The SMILES string of the molecule is COc1cc(OC)c2c(c1)O[C@@]1(c3ccc(O)cc3)[C@@H](c3ccccc3)[C@H](C(N)=O)[C@@H](O)[C@@]21O. The summed E-state index contributed by atoms with van der Waals surface area (Å²) in [6.45, 7) is 0. The first-order chi connectivity index (χ1) is 16.3. The van der Waals surface area contributed by atoms with Crippen LogP contribution < -0.4 is 19.9 Å². The van der Waals surface area contributed by atoms with Crippen molar-refractivity contribution in [3.63, 3.8) is 0 Å². The standard InChI is InChI=1S/C26H25NO7/c1-32-17-12-18(33-2)22-19(13-17)34-26(15-8-10-16(28)11-9-15)21(14-6-4-3-5-7-14)20(24(27)30)23(29)25(22,26)31/h3-13,20-21,23,28-29,31H,1-2H3,(H2,27,30)/t20-,21-,23+,25-,26-/m0/s1. The summed E-state index contributed by atoms with van der Waals surface area (Å²) < 4.78 is 17.5. The molecule has 1 saturated carbocycles. The van der Waals surface area contributed by atoms with Gasteiger partial charge in [0.05, 0.1) is 25.7 Å². The first-order valence-corrected chi connectivity index (χ1v) is 10.8. The maximum absolute atomic E-state index is 12.8. The summed E-state index contributed by atoms with van der Waals surface area (Å²) in [5.41, 5.74) is 3.30. The molecule has 0 aromatic heterocycles. The van der Waals surface area contributed by atoms with Crippen molar-refractivity contribution < 1.29 is 34.3 Å². The van der Waals surface area contributed by atoms with Crippen molar-refractivity contribution in [2.75, 3.05) is 14.2 Å². The van der Waals surface area contributed by atoms with Gasteiger partial charge in [0, 0.05) is 18.1 Å². The summed E-state index contributed by atoms with van der Waals surface area (Å²) in [7, 11) is 2.92. The largest absolute Gasteiger partial charge is 0.508 e. The third-order valence-electron chi connectivity index (χ3n) is 7.06. The highest BCUT2D eigenvalue weighted by molar-refractivity contribution is 5.81. The van der Waals surface area contributed by atoms with Crippen LogP contribution in [0.2, 0.25) is 0 Å². The zero-order valence-electron chi connectivity index (χ0n) is 18.6. The number of phenolic OH excluding ortho intramolecular Hbond substituents is 1. The maximum Gasteiger partial charge on any atom is 0.224 e. The van der Waals surface area contributed by atoms with E-state index < -0.39 is 35.0 Å². The normalized spacial score (nSPS) is 29.1. The molecule has 1 aliphatic heterocycles. The number of ether oxygens (including phenoxy) is 3. The second-order valence-corrected chi connectivity index (χ2v) is 8.62. The molecule has 8 heteroatoms. The molecule has 0 radical (unpaired) electrons. The number of rotatable bonds is 5. The number of methoxy groups -OCH3 is 2. The third kappa shape index (κ3) is 2.69. The van der Waals surface area contributed by atoms with Crippen LogP contribution in [0.15, 0.2) is 66.7 Å². The quantitative estimate of drug-likeness (QED) is 0.456. The molecule has 5 N–H and O–H groups in total. The van der Waals surface area contributed by atoms with E-state index >= 15 is 0 Å². The van der Waals surface area contributed by atoms with Crippen molar-refractivity contribution >= 4 is 5.91 Å². The maximum atomic E-state index is 12.8. The summed E-state index contributed by atoms with van der Waals surface area (Å²) in [6, 6.07) is 18.3. The van der Waals surface area contributed by atoms with E-state index in [0.717, 1.165) is 0 Å². The Kier molecular flexibility index (Phi) is 4.96. The van der Waals surface area contributed by atoms with Gasteiger partial charge in [-0.2, -0.15) is 0 Å². The van der Waals surface area contributed by atoms with Crippen molar-refractivity contribution in [1.82, 2.24) is 0 Å². The second-order valence-electron chi connectivity index (χ2n) is 8.62. The molecule has 2 aliphatic rings. The number of carbonyl (C=O) groups excluding carboxylic acids is 1. The Morgan fingerprint density at radius 1 is 1.03 bits per heavy atom. The van der Waals surface area contributed by atoms with Gasteiger partial charge in [-0.15, -0.1) is 0 Å². The Morgan fingerprint density at radius 3 is 2.29 bits per heavy atom. The highest BCUT2D eigenvalue weighted by Gasteiger charge is 2.77. The van der Waals surface area contributed by atoms with Crippen LogP contribution in [0.3, 0.4) is 0 Å². The van der Waals surface area contributed by atoms with Gasteiger partial charge in [0.15, 0.2) is 11.2 Å². The van der Waals surface area contributed by atoms with Crippen LogP contribution in [0.25, 0.3) is 0 Å². The lowest BCUT2D eigenvalue weighted by molar-refractivity contribution is -0.154. The minimum absolute atomic E-state index is 0.0136. The second kappa shape index (κ2) is 7.65. The minimum Gasteiger partial charge on any atom is -0.508 e. The summed E-state index contributed by atoms with van der Waals surface area (Å²) in [6.07, 6.45) is -1.63. The number of nitrogens with two attached hydrogens (primary N) is 1. The monoisotopic (exact) mass is 463 g/mol. The molecule has 5 rings (SSSR count). The van der Waals surface area contributed by atoms with Crippen molar-refractivity contribution in [2.45, 2.75) is 23.2 Å². The average molecular weight is 463 g/mol. The number of fused-ring (bicyclic) bond motifs is 3. The van der Waals surface area contributed by atoms with Gasteiger partial charge in [-0.3, -0.25) is 4.79 Å². The van der Waals surface area contributed by atoms with Gasteiger partial charge in [0.25, 0.3) is 0 Å². The highest BCUT2D eigenvalue weighted by Crippen LogP contribution is 2.70. The van der Waals surface area contributed by atoms with E-state index in [4.69, 9.17) is 19.9 Å². The number of aromatic hydroxyl groups is 1. The average Bonchev–Trinajstić information content (AvgIpc) is 3.22. The lowest BCUT2D eigenvalue weighted by Crippen LogP contribution is -2.52. The predicted octanol–water partition coefficient (Wildman–Crippen LogP) is 2.14. The van der Waals surface area contributed by atoms with Gasteiger partial charge in [-0.25, -0.2) is 0 Å². The molecule has 5 atom stereocenters. The molecular weight excluding hydrogens is 438 g/mol. The van der Waals surface area contributed by atoms with Crippen LogP contribution in [0, 0.1) is 5.92 Å². The van der Waals surface area contributed by atoms with Gasteiger partial charge >= 0.3 is 0 Å². The van der Waals surface area contributed by atoms with Crippen molar-refractivity contribution in [1.29, 1.82) is 0 Å². The summed E-state index contributed by atoms with van der Waals surface area (Å²) in [4.78, 5) is 12.8. The van der Waals surface area contributed by atoms with Gasteiger partial charge in [-0.05, 0) is 23.3 Å². The fraction of sp³-hybridized carbons (Fsp3) is 0.269. The number of amides is 1. The van der Waals surface area contributed by atoms with Crippen LogP contribution in [0.5, 0.6) is 23.0 Å². The molecule has 3 aromatic carbocycles. The van der Waals surface area contributed by atoms with Crippen LogP contribution in [-0.2, 0) is 16.0 Å². The van der Waals surface area contributed by atoms with Gasteiger partial charge in [-0.1, -0.05) is 42.5 Å². The minimum atomic E-state index is -2.13. The molecule has 0 unspecified atom stereocenters. The number of primary amides is 1. The topological polar surface area (TPSA) is 131 Å². The molecule has 1 fully saturated rings. The lowest BCUT2D eigenvalue weighted by Gasteiger charge is -2.40. The van der Waals surface area contributed by atoms with Gasteiger partial charge < -0.3 is 35.3 Å². The first kappa shape index (κ1) is 22.1. The smallest absolute Gasteiger partial charge is 0.224 e. The van der Waals surface area contributed by atoms with E-state index in [2.05, 4.69) is 0 Å². The molecule has 176 valence electrons. The van der Waals surface area contributed by atoms with Crippen LogP contribution in [-0.4, -0.2) is 41.6 Å². The molecule has 3 aromatic rings. The van der Waals surface area contributed by atoms with E-state index in [1.807, 2.05) is 6.07 Å². The lowest BCUT2D eigenvalue weighted by atomic mass is 9.70. The van der Waals surface area contributed by atoms with Gasteiger partial charge in [0.2, 0.25) is 5.91 Å². The number of aliphatic hydroxyl groups excluding tert-OH is 1. The predicted molar refractivity (Wildman–Crippen MR) is 122 cm³/mol. The van der Waals surface area contributed by atoms with Crippen molar-refractivity contribution in [2.24, 2.45) is 11.7 Å². The molecule has 0 saturated heterocycles. The zero-order valence-corrected chi connectivity index (χ0v) is 18.6. The van der Waals surface area contributed by atoms with Crippen LogP contribution in [0.1, 0.15) is 22.6 Å². The van der Waals surface area contributed by atoms with Crippen molar-refractivity contribution in [3.8, 4) is 23.0 Å². The third-order valence-corrected chi connectivity index (χ3v) is 7.06. The Balaban J connectivity index is 1.89.